The highest BCUT2D eigenvalue weighted by Crippen LogP contribution is 2.74. The van der Waals surface area contributed by atoms with Crippen molar-refractivity contribution < 1.29 is 24.2 Å². The number of aliphatic hydroxyl groups excluding tert-OH is 1. The van der Waals surface area contributed by atoms with Gasteiger partial charge in [0, 0.05) is 34.7 Å². The van der Waals surface area contributed by atoms with Crippen LogP contribution in [0.5, 0.6) is 0 Å². The van der Waals surface area contributed by atoms with E-state index >= 15 is 0 Å². The molecule has 6 rings (SSSR count). The summed E-state index contributed by atoms with van der Waals surface area (Å²) in [5.41, 5.74) is 3.24. The summed E-state index contributed by atoms with van der Waals surface area (Å²) in [7, 11) is 0. The number of nitrogens with zero attached hydrogens (tertiary/aromatic N) is 1. The largest absolute Gasteiger partial charge is 0.418 e. The van der Waals surface area contributed by atoms with Gasteiger partial charge in [-0.05, 0) is 85.1 Å². The van der Waals surface area contributed by atoms with E-state index in [1.165, 1.54) is 11.8 Å². The van der Waals surface area contributed by atoms with Gasteiger partial charge in [-0.15, -0.1) is 0 Å². The molecule has 0 saturated heterocycles. The van der Waals surface area contributed by atoms with Crippen LogP contribution < -0.4 is 0 Å². The molecule has 0 radical (unpaired) electrons. The lowest BCUT2D eigenvalue weighted by atomic mass is 9.35. The van der Waals surface area contributed by atoms with Gasteiger partial charge in [-0.3, -0.25) is 14.6 Å². The number of ether oxygens (including phenoxy) is 1. The molecule has 210 valence electrons. The van der Waals surface area contributed by atoms with Crippen LogP contribution in [0, 0.1) is 33.5 Å². The van der Waals surface area contributed by atoms with Gasteiger partial charge in [0.05, 0.1) is 5.56 Å². The molecule has 1 aromatic rings. The Balaban J connectivity index is 1.40. The topological polar surface area (TPSA) is 93.6 Å². The molecule has 1 N–H and O–H groups in total. The molecule has 1 heterocycles. The van der Waals surface area contributed by atoms with Crippen LogP contribution in [-0.4, -0.2) is 33.7 Å². The van der Waals surface area contributed by atoms with Gasteiger partial charge >= 0.3 is 5.97 Å². The normalized spacial score (nSPS) is 40.6. The van der Waals surface area contributed by atoms with Crippen molar-refractivity contribution in [2.24, 2.45) is 33.5 Å². The van der Waals surface area contributed by atoms with Gasteiger partial charge in [-0.25, -0.2) is 4.79 Å². The number of hydrogen-bond donors (Lipinski definition) is 1. The predicted molar refractivity (Wildman–Crippen MR) is 151 cm³/mol. The molecular weight excluding hydrogens is 502 g/mol. The lowest BCUT2D eigenvalue weighted by molar-refractivity contribution is -0.192. The van der Waals surface area contributed by atoms with Gasteiger partial charge in [0.1, 0.15) is 6.10 Å². The second-order valence-electron chi connectivity index (χ2n) is 13.8. The molecule has 1 aromatic heterocycles. The number of esters is 1. The quantitative estimate of drug-likeness (QED) is 0.456. The standard InChI is InChI=1S/C34H39NO5/c1-19-16-26-32(4,29(38)27(19)37)12-14-33(5)25-10-9-22-20(2)28(40-30(39)21-8-7-15-35-18-21)24(36)17-23(22)31(25,3)11-13-34(26,33)6/h7-10,15,17-19,26,29,38H,11-14,16H2,1-6H3. The molecule has 0 amide bonds. The zero-order chi connectivity index (χ0) is 28.8. The molecule has 5 aliphatic carbocycles. The predicted octanol–water partition coefficient (Wildman–Crippen LogP) is 6.09. The lowest BCUT2D eigenvalue weighted by Crippen LogP contribution is -2.65. The highest BCUT2D eigenvalue weighted by atomic mass is 16.5. The third kappa shape index (κ3) is 3.38. The molecule has 7 atom stereocenters. The molecule has 6 heteroatoms. The van der Waals surface area contributed by atoms with Crippen molar-refractivity contribution in [1.29, 1.82) is 0 Å². The van der Waals surface area contributed by atoms with Crippen molar-refractivity contribution in [2.45, 2.75) is 79.8 Å². The summed E-state index contributed by atoms with van der Waals surface area (Å²) >= 11 is 0. The molecule has 3 saturated carbocycles. The Morgan fingerprint density at radius 1 is 1.07 bits per heavy atom. The van der Waals surface area contributed by atoms with Gasteiger partial charge in [-0.2, -0.15) is 0 Å². The molecule has 5 aliphatic rings. The molecule has 0 aliphatic heterocycles. The van der Waals surface area contributed by atoms with E-state index in [2.05, 4.69) is 44.8 Å². The molecule has 0 bridgehead atoms. The number of carbonyl (C=O) groups excluding carboxylic acids is 3. The van der Waals surface area contributed by atoms with Gasteiger partial charge in [0.25, 0.3) is 0 Å². The smallest absolute Gasteiger partial charge is 0.345 e. The molecule has 3 fully saturated rings. The maximum Gasteiger partial charge on any atom is 0.345 e. The number of aliphatic hydroxyl groups is 1. The van der Waals surface area contributed by atoms with E-state index in [-0.39, 0.29) is 45.4 Å². The average molecular weight is 542 g/mol. The van der Waals surface area contributed by atoms with Crippen molar-refractivity contribution in [3.63, 3.8) is 0 Å². The van der Waals surface area contributed by atoms with E-state index in [1.54, 1.807) is 24.4 Å². The summed E-state index contributed by atoms with van der Waals surface area (Å²) in [6, 6.07) is 3.28. The van der Waals surface area contributed by atoms with Crippen LogP contribution in [0.25, 0.3) is 0 Å². The van der Waals surface area contributed by atoms with Crippen molar-refractivity contribution in [1.82, 2.24) is 4.98 Å². The first-order valence-corrected chi connectivity index (χ1v) is 14.5. The Labute approximate surface area is 236 Å². The lowest BCUT2D eigenvalue weighted by Gasteiger charge is -2.69. The Bertz CT molecular complexity index is 1470. The monoisotopic (exact) mass is 541 g/mol. The number of pyridine rings is 1. The van der Waals surface area contributed by atoms with Crippen LogP contribution in [0.2, 0.25) is 0 Å². The maximum absolute atomic E-state index is 13.5. The van der Waals surface area contributed by atoms with Gasteiger partial charge in [-0.1, -0.05) is 52.3 Å². The van der Waals surface area contributed by atoms with Gasteiger partial charge < -0.3 is 9.84 Å². The first kappa shape index (κ1) is 27.1. The minimum Gasteiger partial charge on any atom is -0.418 e. The van der Waals surface area contributed by atoms with Crippen LogP contribution in [0.4, 0.5) is 0 Å². The Kier molecular flexibility index (Phi) is 5.88. The molecule has 6 nitrogen and oxygen atoms in total. The Morgan fingerprint density at radius 3 is 2.52 bits per heavy atom. The van der Waals surface area contributed by atoms with Crippen molar-refractivity contribution >= 4 is 17.5 Å². The van der Waals surface area contributed by atoms with Crippen LogP contribution in [-0.2, 0) is 14.3 Å². The van der Waals surface area contributed by atoms with Crippen molar-refractivity contribution in [3.05, 3.63) is 76.4 Å². The summed E-state index contributed by atoms with van der Waals surface area (Å²) < 4.78 is 5.63. The van der Waals surface area contributed by atoms with Crippen LogP contribution in [0.3, 0.4) is 0 Å². The van der Waals surface area contributed by atoms with Crippen LogP contribution in [0.1, 0.15) is 84.0 Å². The number of fused-ring (bicyclic) bond motifs is 7. The third-order valence-electron chi connectivity index (χ3n) is 11.9. The number of Topliss-reactive ketones (excluding diaryl/α,β-unsaturated/α-hetero) is 1. The number of hydrogen-bond acceptors (Lipinski definition) is 6. The molecule has 40 heavy (non-hydrogen) atoms. The minimum absolute atomic E-state index is 0.00998. The first-order valence-electron chi connectivity index (χ1n) is 14.5. The summed E-state index contributed by atoms with van der Waals surface area (Å²) in [5.74, 6) is -0.753. The SMILES string of the molecule is CC1=C(OC(=O)c2cccnc2)C(=O)C=C2C1=CC=C1C2(C)CCC2(C)C3CC(C)C(=O)C(O)C3(C)CCC12C. The summed E-state index contributed by atoms with van der Waals surface area (Å²) in [6.45, 7) is 13.0. The third-order valence-corrected chi connectivity index (χ3v) is 11.9. The van der Waals surface area contributed by atoms with Crippen molar-refractivity contribution in [2.75, 3.05) is 0 Å². The Morgan fingerprint density at radius 2 is 1.82 bits per heavy atom. The van der Waals surface area contributed by atoms with Crippen LogP contribution in [0.15, 0.2) is 70.8 Å². The fourth-order valence-corrected chi connectivity index (χ4v) is 9.19. The van der Waals surface area contributed by atoms with E-state index in [1.807, 2.05) is 13.8 Å². The first-order chi connectivity index (χ1) is 18.8. The van der Waals surface area contributed by atoms with Crippen molar-refractivity contribution in [3.8, 4) is 0 Å². The Hall–Kier alpha value is -3.12. The number of allylic oxidation sites excluding steroid dienone is 7. The molecule has 0 aromatic carbocycles. The minimum atomic E-state index is -0.915. The second-order valence-corrected chi connectivity index (χ2v) is 13.8. The number of rotatable bonds is 2. The highest BCUT2D eigenvalue weighted by molar-refractivity contribution is 6.09. The number of ketones is 2. The number of aromatic nitrogens is 1. The average Bonchev–Trinajstić information content (AvgIpc) is 2.93. The summed E-state index contributed by atoms with van der Waals surface area (Å²) in [4.78, 5) is 43.1. The molecular formula is C34H39NO5. The maximum atomic E-state index is 13.5. The van der Waals surface area contributed by atoms with Crippen LogP contribution >= 0.6 is 0 Å². The highest BCUT2D eigenvalue weighted by Gasteiger charge is 2.68. The zero-order valence-electron chi connectivity index (χ0n) is 24.3. The van der Waals surface area contributed by atoms with E-state index in [9.17, 15) is 19.5 Å². The number of carbonyl (C=O) groups is 3. The van der Waals surface area contributed by atoms with E-state index in [4.69, 9.17) is 4.74 Å². The van der Waals surface area contributed by atoms with Gasteiger partial charge in [0.15, 0.2) is 11.5 Å². The fraction of sp³-hybridized carbons (Fsp3) is 0.529. The zero-order valence-corrected chi connectivity index (χ0v) is 24.3. The molecule has 0 spiro atoms. The van der Waals surface area contributed by atoms with E-state index in [0.29, 0.717) is 11.1 Å². The summed E-state index contributed by atoms with van der Waals surface area (Å²) in [5, 5.41) is 11.2. The summed E-state index contributed by atoms with van der Waals surface area (Å²) in [6.07, 6.45) is 12.4. The van der Waals surface area contributed by atoms with E-state index in [0.717, 1.165) is 43.3 Å². The van der Waals surface area contributed by atoms with E-state index < -0.39 is 17.5 Å². The van der Waals surface area contributed by atoms with Gasteiger partial charge in [0.2, 0.25) is 5.78 Å². The fourth-order valence-electron chi connectivity index (χ4n) is 9.19. The molecule has 7 unspecified atom stereocenters. The second kappa shape index (κ2) is 8.69.